The maximum absolute atomic E-state index is 12.3. The Morgan fingerprint density at radius 1 is 0.525 bits per heavy atom. The van der Waals surface area contributed by atoms with Crippen LogP contribution in [0.2, 0.25) is 0 Å². The molecule has 0 bridgehead atoms. The Bertz CT molecular complexity index is 532. The molecule has 0 saturated carbocycles. The van der Waals surface area contributed by atoms with Crippen LogP contribution in [0.15, 0.2) is 0 Å². The Hall–Kier alpha value is -0.690. The van der Waals surface area contributed by atoms with Crippen LogP contribution in [0.25, 0.3) is 0 Å². The van der Waals surface area contributed by atoms with E-state index in [1.54, 1.807) is 0 Å². The van der Waals surface area contributed by atoms with E-state index >= 15 is 0 Å². The van der Waals surface area contributed by atoms with Gasteiger partial charge in [-0.05, 0) is 12.8 Å². The van der Waals surface area contributed by atoms with Crippen molar-refractivity contribution in [2.24, 2.45) is 0 Å². The van der Waals surface area contributed by atoms with E-state index in [1.807, 2.05) is 0 Å². The van der Waals surface area contributed by atoms with Gasteiger partial charge in [-0.3, -0.25) is 4.79 Å². The van der Waals surface area contributed by atoms with E-state index in [4.69, 9.17) is 0 Å². The highest BCUT2D eigenvalue weighted by Gasteiger charge is 2.31. The van der Waals surface area contributed by atoms with E-state index in [1.165, 1.54) is 116 Å². The minimum atomic E-state index is -1.40. The SMILES string of the molecule is CCCCCCCCCCCCCCCC(=O)NC(CO)C(O)C(O)C(O)CCCCCCCCCCCCC. The van der Waals surface area contributed by atoms with Gasteiger partial charge in [0.2, 0.25) is 5.91 Å². The van der Waals surface area contributed by atoms with Gasteiger partial charge < -0.3 is 25.7 Å². The Morgan fingerprint density at radius 2 is 0.875 bits per heavy atom. The molecule has 6 heteroatoms. The Morgan fingerprint density at radius 3 is 1.25 bits per heavy atom. The molecule has 0 saturated heterocycles. The lowest BCUT2D eigenvalue weighted by atomic mass is 9.96. The van der Waals surface area contributed by atoms with Gasteiger partial charge in [0.05, 0.1) is 18.8 Å². The highest BCUT2D eigenvalue weighted by Crippen LogP contribution is 2.16. The molecule has 0 aliphatic heterocycles. The van der Waals surface area contributed by atoms with Gasteiger partial charge in [0.15, 0.2) is 0 Å². The average Bonchev–Trinajstić information content (AvgIpc) is 2.96. The van der Waals surface area contributed by atoms with E-state index in [0.29, 0.717) is 12.8 Å². The number of rotatable bonds is 31. The number of nitrogens with one attached hydrogen (secondary N) is 1. The predicted octanol–water partition coefficient (Wildman–Crippen LogP) is 7.73. The zero-order valence-electron chi connectivity index (χ0n) is 26.6. The second-order valence-corrected chi connectivity index (χ2v) is 12.2. The zero-order chi connectivity index (χ0) is 29.7. The minimum Gasteiger partial charge on any atom is -0.394 e. The minimum absolute atomic E-state index is 0.228. The number of aliphatic hydroxyl groups excluding tert-OH is 4. The highest BCUT2D eigenvalue weighted by atomic mass is 16.4. The molecule has 4 atom stereocenters. The summed E-state index contributed by atoms with van der Waals surface area (Å²) in [5, 5.41) is 43.5. The molecular weight excluding hydrogens is 502 g/mol. The van der Waals surface area contributed by atoms with Crippen LogP contribution in [0.4, 0.5) is 0 Å². The van der Waals surface area contributed by atoms with Gasteiger partial charge >= 0.3 is 0 Å². The first kappa shape index (κ1) is 39.3. The Kier molecular flexibility index (Phi) is 29.3. The van der Waals surface area contributed by atoms with Gasteiger partial charge in [0.1, 0.15) is 12.2 Å². The molecule has 0 fully saturated rings. The molecule has 0 spiro atoms. The summed E-state index contributed by atoms with van der Waals surface area (Å²) < 4.78 is 0. The molecule has 40 heavy (non-hydrogen) atoms. The van der Waals surface area contributed by atoms with Crippen LogP contribution in [-0.4, -0.2) is 57.3 Å². The summed E-state index contributed by atoms with van der Waals surface area (Å²) in [6, 6.07) is -0.976. The van der Waals surface area contributed by atoms with E-state index in [9.17, 15) is 25.2 Å². The topological polar surface area (TPSA) is 110 Å². The van der Waals surface area contributed by atoms with Crippen molar-refractivity contribution in [3.05, 3.63) is 0 Å². The van der Waals surface area contributed by atoms with Crippen molar-refractivity contribution in [3.8, 4) is 0 Å². The summed E-state index contributed by atoms with van der Waals surface area (Å²) in [4.78, 5) is 12.3. The molecule has 4 unspecified atom stereocenters. The van der Waals surface area contributed by atoms with Crippen LogP contribution in [0.1, 0.15) is 181 Å². The Balaban J connectivity index is 3.83. The molecular formula is C34H69NO5. The lowest BCUT2D eigenvalue weighted by molar-refractivity contribution is -0.126. The predicted molar refractivity (Wildman–Crippen MR) is 168 cm³/mol. The number of hydrogen-bond acceptors (Lipinski definition) is 5. The number of carbonyl (C=O) groups excluding carboxylic acids is 1. The van der Waals surface area contributed by atoms with Crippen LogP contribution < -0.4 is 5.32 Å². The lowest BCUT2D eigenvalue weighted by Gasteiger charge is -2.29. The first-order valence-electron chi connectivity index (χ1n) is 17.4. The third kappa shape index (κ3) is 24.0. The van der Waals surface area contributed by atoms with Crippen molar-refractivity contribution < 1.29 is 25.2 Å². The third-order valence-electron chi connectivity index (χ3n) is 8.31. The van der Waals surface area contributed by atoms with Crippen LogP contribution in [0.5, 0.6) is 0 Å². The van der Waals surface area contributed by atoms with Gasteiger partial charge in [-0.25, -0.2) is 0 Å². The fraction of sp³-hybridized carbons (Fsp3) is 0.971. The van der Waals surface area contributed by atoms with Crippen LogP contribution in [0.3, 0.4) is 0 Å². The Labute approximate surface area is 248 Å². The maximum atomic E-state index is 12.3. The van der Waals surface area contributed by atoms with Gasteiger partial charge in [-0.1, -0.05) is 162 Å². The third-order valence-corrected chi connectivity index (χ3v) is 8.31. The molecule has 0 heterocycles. The largest absolute Gasteiger partial charge is 0.394 e. The van der Waals surface area contributed by atoms with E-state index in [-0.39, 0.29) is 5.91 Å². The molecule has 6 nitrogen and oxygen atoms in total. The maximum Gasteiger partial charge on any atom is 0.220 e. The molecule has 0 aromatic heterocycles. The number of unbranched alkanes of at least 4 members (excludes halogenated alkanes) is 22. The summed E-state index contributed by atoms with van der Waals surface area (Å²) in [5.74, 6) is -0.228. The van der Waals surface area contributed by atoms with Crippen molar-refractivity contribution in [1.82, 2.24) is 5.32 Å². The molecule has 0 radical (unpaired) electrons. The van der Waals surface area contributed by atoms with Crippen LogP contribution >= 0.6 is 0 Å². The number of aliphatic hydroxyl groups is 4. The molecule has 5 N–H and O–H groups in total. The number of amides is 1. The highest BCUT2D eigenvalue weighted by molar-refractivity contribution is 5.76. The van der Waals surface area contributed by atoms with Crippen LogP contribution in [-0.2, 0) is 4.79 Å². The fourth-order valence-electron chi connectivity index (χ4n) is 5.48. The first-order chi connectivity index (χ1) is 19.5. The zero-order valence-corrected chi connectivity index (χ0v) is 26.6. The monoisotopic (exact) mass is 572 g/mol. The summed E-state index contributed by atoms with van der Waals surface area (Å²) in [5.41, 5.74) is 0. The second-order valence-electron chi connectivity index (χ2n) is 12.2. The first-order valence-corrected chi connectivity index (χ1v) is 17.4. The molecule has 0 rings (SSSR count). The lowest BCUT2D eigenvalue weighted by Crippen LogP contribution is -2.53. The van der Waals surface area contributed by atoms with Crippen molar-refractivity contribution in [2.45, 2.75) is 205 Å². The van der Waals surface area contributed by atoms with Gasteiger partial charge in [0, 0.05) is 6.42 Å². The van der Waals surface area contributed by atoms with E-state index < -0.39 is 31.0 Å². The summed E-state index contributed by atoms with van der Waals surface area (Å²) in [7, 11) is 0. The molecule has 0 aliphatic rings. The molecule has 0 aromatic rings. The fourth-order valence-corrected chi connectivity index (χ4v) is 5.48. The summed E-state index contributed by atoms with van der Waals surface area (Å²) >= 11 is 0. The van der Waals surface area contributed by atoms with Gasteiger partial charge in [0.25, 0.3) is 0 Å². The average molecular weight is 572 g/mol. The van der Waals surface area contributed by atoms with E-state index in [2.05, 4.69) is 19.2 Å². The van der Waals surface area contributed by atoms with E-state index in [0.717, 1.165) is 38.5 Å². The van der Waals surface area contributed by atoms with Crippen molar-refractivity contribution in [2.75, 3.05) is 6.61 Å². The molecule has 0 aromatic carbocycles. The normalized spacial score (nSPS) is 14.7. The number of carbonyl (C=O) groups is 1. The number of hydrogen-bond donors (Lipinski definition) is 5. The standard InChI is InChI=1S/C34H69NO5/c1-3-5-7-9-11-13-15-16-18-20-22-24-26-28-32(38)35-30(29-36)33(39)34(40)31(37)27-25-23-21-19-17-14-12-10-8-6-4-2/h30-31,33-34,36-37,39-40H,3-29H2,1-2H3,(H,35,38). The van der Waals surface area contributed by atoms with Gasteiger partial charge in [-0.15, -0.1) is 0 Å². The van der Waals surface area contributed by atoms with Crippen molar-refractivity contribution >= 4 is 5.91 Å². The molecule has 0 aliphatic carbocycles. The van der Waals surface area contributed by atoms with Crippen molar-refractivity contribution in [1.29, 1.82) is 0 Å². The van der Waals surface area contributed by atoms with Crippen molar-refractivity contribution in [3.63, 3.8) is 0 Å². The quantitative estimate of drug-likeness (QED) is 0.0547. The second kappa shape index (κ2) is 29.8. The smallest absolute Gasteiger partial charge is 0.220 e. The summed E-state index contributed by atoms with van der Waals surface area (Å²) in [6.45, 7) is 4.01. The van der Waals surface area contributed by atoms with Crippen LogP contribution in [0, 0.1) is 0 Å². The summed E-state index contributed by atoms with van der Waals surface area (Å²) in [6.07, 6.45) is 26.3. The molecule has 1 amide bonds. The molecule has 240 valence electrons. The van der Waals surface area contributed by atoms with Gasteiger partial charge in [-0.2, -0.15) is 0 Å².